The number of carboxylic acids is 2. The summed E-state index contributed by atoms with van der Waals surface area (Å²) in [7, 11) is 3.33. The van der Waals surface area contributed by atoms with E-state index in [2.05, 4.69) is 70.5 Å². The predicted molar refractivity (Wildman–Crippen MR) is 163 cm³/mol. The van der Waals surface area contributed by atoms with Gasteiger partial charge in [0.25, 0.3) is 0 Å². The van der Waals surface area contributed by atoms with Crippen LogP contribution in [0.5, 0.6) is 11.5 Å². The summed E-state index contributed by atoms with van der Waals surface area (Å²) in [6.07, 6.45) is 2.50. The van der Waals surface area contributed by atoms with E-state index in [1.54, 1.807) is 14.2 Å². The summed E-state index contributed by atoms with van der Waals surface area (Å²) >= 11 is 0. The average Bonchev–Trinajstić information content (AvgIpc) is 3.03. The first kappa shape index (κ1) is 31.7. The number of hydrogen-bond donors (Lipinski definition) is 3. The molecule has 0 saturated carbocycles. The van der Waals surface area contributed by atoms with Crippen LogP contribution in [0.25, 0.3) is 0 Å². The number of nitrogens with zero attached hydrogens (tertiary/aromatic N) is 2. The molecule has 1 aliphatic carbocycles. The lowest BCUT2D eigenvalue weighted by molar-refractivity contribution is -0.134. The maximum atomic E-state index is 11.2. The van der Waals surface area contributed by atoms with Crippen LogP contribution in [0.3, 0.4) is 0 Å². The Balaban J connectivity index is 0.000000467. The van der Waals surface area contributed by atoms with Crippen molar-refractivity contribution in [3.05, 3.63) is 107 Å². The number of hydrogen-bond acceptors (Lipinski definition) is 7. The van der Waals surface area contributed by atoms with Gasteiger partial charge in [-0.2, -0.15) is 0 Å². The van der Waals surface area contributed by atoms with Crippen molar-refractivity contribution in [2.45, 2.75) is 25.0 Å². The Morgan fingerprint density at radius 1 is 0.837 bits per heavy atom. The lowest BCUT2D eigenvalue weighted by Gasteiger charge is -2.42. The summed E-state index contributed by atoms with van der Waals surface area (Å²) in [5.41, 5.74) is 4.77. The first-order chi connectivity index (χ1) is 20.8. The van der Waals surface area contributed by atoms with Crippen LogP contribution < -0.4 is 9.47 Å². The molecule has 9 nitrogen and oxygen atoms in total. The summed E-state index contributed by atoms with van der Waals surface area (Å²) in [4.78, 5) is 24.2. The fourth-order valence-electron chi connectivity index (χ4n) is 6.04. The molecule has 3 N–H and O–H groups in total. The molecule has 2 unspecified atom stereocenters. The van der Waals surface area contributed by atoms with Gasteiger partial charge in [-0.1, -0.05) is 66.7 Å². The van der Waals surface area contributed by atoms with E-state index in [-0.39, 0.29) is 12.0 Å². The third kappa shape index (κ3) is 8.22. The standard InChI is InChI=1S/C30H36N2O3.C4H4O4/c1-34-27-16-15-25-26(30(27)35-2)14-13-24(29(25)33)21-31-17-19-32(20-18-31)28(22-9-5-3-6-10-22)23-11-7-4-8-12-23;5-3(6)1-2-4(7)8/h3-12,15-16,24,28-29,33H,13-14,17-21H2,1-2H3;1-2H,(H,5,6)(H,7,8). The smallest absolute Gasteiger partial charge is 0.328 e. The highest BCUT2D eigenvalue weighted by Gasteiger charge is 2.34. The van der Waals surface area contributed by atoms with E-state index in [4.69, 9.17) is 19.7 Å². The van der Waals surface area contributed by atoms with Crippen LogP contribution >= 0.6 is 0 Å². The summed E-state index contributed by atoms with van der Waals surface area (Å²) in [5, 5.41) is 26.9. The number of benzene rings is 3. The molecule has 228 valence electrons. The summed E-state index contributed by atoms with van der Waals surface area (Å²) in [6, 6.07) is 25.9. The number of aliphatic carboxylic acids is 2. The van der Waals surface area contributed by atoms with Crippen LogP contribution in [0.2, 0.25) is 0 Å². The van der Waals surface area contributed by atoms with Crippen LogP contribution in [0.4, 0.5) is 0 Å². The molecule has 1 aliphatic heterocycles. The lowest BCUT2D eigenvalue weighted by atomic mass is 9.80. The molecule has 5 rings (SSSR count). The molecule has 9 heteroatoms. The number of carboxylic acid groups (broad SMARTS) is 2. The first-order valence-corrected chi connectivity index (χ1v) is 14.4. The van der Waals surface area contributed by atoms with Crippen molar-refractivity contribution >= 4 is 11.9 Å². The van der Waals surface area contributed by atoms with Crippen LogP contribution in [0, 0.1) is 5.92 Å². The minimum absolute atomic E-state index is 0.228. The second-order valence-electron chi connectivity index (χ2n) is 10.7. The highest BCUT2D eigenvalue weighted by molar-refractivity contribution is 5.89. The van der Waals surface area contributed by atoms with Crippen LogP contribution in [0.15, 0.2) is 84.9 Å². The summed E-state index contributed by atoms with van der Waals surface area (Å²) in [5.74, 6) is -0.783. The Bertz CT molecular complexity index is 1320. The van der Waals surface area contributed by atoms with Crippen LogP contribution in [-0.4, -0.2) is 84.0 Å². The first-order valence-electron chi connectivity index (χ1n) is 14.4. The molecule has 0 amide bonds. The molecule has 0 aromatic heterocycles. The number of aliphatic hydroxyl groups excluding tert-OH is 1. The zero-order valence-electron chi connectivity index (χ0n) is 24.6. The molecular weight excluding hydrogens is 548 g/mol. The van der Waals surface area contributed by atoms with Gasteiger partial charge >= 0.3 is 11.9 Å². The average molecular weight is 589 g/mol. The Kier molecular flexibility index (Phi) is 11.3. The monoisotopic (exact) mass is 588 g/mol. The number of piperazine rings is 1. The molecule has 0 spiro atoms. The van der Waals surface area contributed by atoms with Crippen LogP contribution in [-0.2, 0) is 16.0 Å². The van der Waals surface area contributed by atoms with Crippen molar-refractivity contribution < 1.29 is 34.4 Å². The highest BCUT2D eigenvalue weighted by atomic mass is 16.5. The number of ether oxygens (including phenoxy) is 2. The normalized spacial score (nSPS) is 18.9. The van der Waals surface area contributed by atoms with Crippen molar-refractivity contribution in [2.75, 3.05) is 46.9 Å². The molecule has 0 radical (unpaired) electrons. The largest absolute Gasteiger partial charge is 0.493 e. The predicted octanol–water partition coefficient (Wildman–Crippen LogP) is 4.42. The van der Waals surface area contributed by atoms with E-state index in [0.29, 0.717) is 12.2 Å². The summed E-state index contributed by atoms with van der Waals surface area (Å²) in [6.45, 7) is 4.97. The minimum atomic E-state index is -1.26. The van der Waals surface area contributed by atoms with Gasteiger partial charge in [-0.3, -0.25) is 4.90 Å². The molecule has 3 aromatic rings. The van der Waals surface area contributed by atoms with E-state index in [0.717, 1.165) is 68.2 Å². The summed E-state index contributed by atoms with van der Waals surface area (Å²) < 4.78 is 11.1. The van der Waals surface area contributed by atoms with Crippen molar-refractivity contribution in [3.8, 4) is 11.5 Å². The van der Waals surface area contributed by atoms with E-state index >= 15 is 0 Å². The SMILES string of the molecule is COc1ccc2c(c1OC)CCC(CN1CCN(C(c3ccccc3)c3ccccc3)CC1)C2O.O=C(O)C=CC(=O)O. The van der Waals surface area contributed by atoms with Gasteiger partial charge in [0.15, 0.2) is 11.5 Å². The topological polar surface area (TPSA) is 120 Å². The molecule has 1 saturated heterocycles. The van der Waals surface area contributed by atoms with Crippen molar-refractivity contribution in [1.82, 2.24) is 9.80 Å². The molecule has 2 aliphatic rings. The van der Waals surface area contributed by atoms with E-state index in [9.17, 15) is 14.7 Å². The molecule has 0 bridgehead atoms. The third-order valence-electron chi connectivity index (χ3n) is 8.08. The minimum Gasteiger partial charge on any atom is -0.493 e. The van der Waals surface area contributed by atoms with Crippen molar-refractivity contribution in [3.63, 3.8) is 0 Å². The maximum absolute atomic E-state index is 11.2. The number of rotatable bonds is 9. The third-order valence-corrected chi connectivity index (χ3v) is 8.08. The highest BCUT2D eigenvalue weighted by Crippen LogP contribution is 2.43. The second-order valence-corrected chi connectivity index (χ2v) is 10.7. The van der Waals surface area contributed by atoms with E-state index < -0.39 is 18.0 Å². The molecule has 1 heterocycles. The Morgan fingerprint density at radius 2 is 1.40 bits per heavy atom. The quantitative estimate of drug-likeness (QED) is 0.312. The maximum Gasteiger partial charge on any atom is 0.328 e. The molecule has 43 heavy (non-hydrogen) atoms. The van der Waals surface area contributed by atoms with Gasteiger partial charge in [0.05, 0.1) is 26.4 Å². The van der Waals surface area contributed by atoms with Gasteiger partial charge in [-0.25, -0.2) is 9.59 Å². The van der Waals surface area contributed by atoms with Gasteiger partial charge in [0.2, 0.25) is 0 Å². The van der Waals surface area contributed by atoms with Crippen molar-refractivity contribution in [2.24, 2.45) is 5.92 Å². The van der Waals surface area contributed by atoms with E-state index in [1.165, 1.54) is 11.1 Å². The fraction of sp³-hybridized carbons (Fsp3) is 0.353. The molecule has 3 aromatic carbocycles. The van der Waals surface area contributed by atoms with Gasteiger partial charge in [0, 0.05) is 56.4 Å². The van der Waals surface area contributed by atoms with E-state index in [1.807, 2.05) is 12.1 Å². The zero-order valence-corrected chi connectivity index (χ0v) is 24.6. The second kappa shape index (κ2) is 15.3. The Morgan fingerprint density at radius 3 is 1.88 bits per heavy atom. The number of carbonyl (C=O) groups is 2. The fourth-order valence-corrected chi connectivity index (χ4v) is 6.04. The number of fused-ring (bicyclic) bond motifs is 1. The zero-order chi connectivity index (χ0) is 30.8. The lowest BCUT2D eigenvalue weighted by Crippen LogP contribution is -2.49. The Hall–Kier alpha value is -4.18. The van der Waals surface area contributed by atoms with Gasteiger partial charge < -0.3 is 29.7 Å². The van der Waals surface area contributed by atoms with Gasteiger partial charge in [-0.15, -0.1) is 0 Å². The Labute approximate surface area is 252 Å². The molecule has 1 fully saturated rings. The molecule has 2 atom stereocenters. The van der Waals surface area contributed by atoms with Gasteiger partial charge in [-0.05, 0) is 35.6 Å². The number of aliphatic hydroxyl groups is 1. The van der Waals surface area contributed by atoms with Crippen LogP contribution in [0.1, 0.15) is 40.8 Å². The molecular formula is C34H40N2O7. The van der Waals surface area contributed by atoms with Crippen molar-refractivity contribution in [1.29, 1.82) is 0 Å². The number of methoxy groups -OCH3 is 2. The van der Waals surface area contributed by atoms with Gasteiger partial charge in [0.1, 0.15) is 0 Å².